The van der Waals surface area contributed by atoms with Crippen molar-refractivity contribution < 1.29 is 27.4 Å². The van der Waals surface area contributed by atoms with Gasteiger partial charge >= 0.3 is 5.97 Å². The molecule has 10 nitrogen and oxygen atoms in total. The smallest absolute Gasteiger partial charge is 0.323 e. The minimum Gasteiger partial charge on any atom is -0.478 e. The molecule has 0 aliphatic rings. The third-order valence-corrected chi connectivity index (χ3v) is 10.2. The van der Waals surface area contributed by atoms with E-state index in [-0.39, 0.29) is 45.7 Å². The minimum absolute atomic E-state index is 0.0646. The van der Waals surface area contributed by atoms with Gasteiger partial charge in [0.15, 0.2) is 0 Å². The zero-order valence-corrected chi connectivity index (χ0v) is 25.5. The summed E-state index contributed by atoms with van der Waals surface area (Å²) < 4.78 is 44.4. The van der Waals surface area contributed by atoms with Gasteiger partial charge in [0.25, 0.3) is 15.9 Å². The van der Waals surface area contributed by atoms with Crippen LogP contribution >= 0.6 is 35.0 Å². The number of carbonyl (C=O) groups is 1. The van der Waals surface area contributed by atoms with Gasteiger partial charge in [-0.2, -0.15) is 0 Å². The summed E-state index contributed by atoms with van der Waals surface area (Å²) in [6.07, 6.45) is 1.37. The highest BCUT2D eigenvalue weighted by molar-refractivity contribution is 7.99. The highest BCUT2D eigenvalue weighted by atomic mass is 35.5. The standard InChI is InChI=1S/C22H32Cl2N4O6S2Si/c1-6-34-22(29)16(25)13-35-18-12-26-20(21(27-18)32-2)28(14-33-10-11-37(3,4)5)36(30,31)17-9-7-8-15(23)19(17)24/h7-9,12,16H,6,10-11,13-14,25H2,1-5H3/t16-/m0/s1. The number of hydrogen-bond donors (Lipinski definition) is 1. The van der Waals surface area contributed by atoms with E-state index in [0.29, 0.717) is 11.6 Å². The van der Waals surface area contributed by atoms with E-state index in [2.05, 4.69) is 29.6 Å². The Balaban J connectivity index is 2.40. The number of methoxy groups -OCH3 is 1. The Kier molecular flexibility index (Phi) is 11.9. The summed E-state index contributed by atoms with van der Waals surface area (Å²) in [4.78, 5) is 20.3. The molecule has 1 aromatic heterocycles. The molecular formula is C22H32Cl2N4O6S2Si. The lowest BCUT2D eigenvalue weighted by Crippen LogP contribution is -2.35. The van der Waals surface area contributed by atoms with Crippen LogP contribution in [0.2, 0.25) is 35.7 Å². The topological polar surface area (TPSA) is 134 Å². The molecule has 0 saturated heterocycles. The van der Waals surface area contributed by atoms with E-state index in [0.717, 1.165) is 22.1 Å². The van der Waals surface area contributed by atoms with Gasteiger partial charge in [-0.1, -0.05) is 48.9 Å². The van der Waals surface area contributed by atoms with Crippen LogP contribution in [0.3, 0.4) is 0 Å². The number of nitrogens with two attached hydrogens (primary N) is 1. The van der Waals surface area contributed by atoms with Gasteiger partial charge in [-0.25, -0.2) is 22.7 Å². The van der Waals surface area contributed by atoms with Gasteiger partial charge in [0, 0.05) is 20.4 Å². The van der Waals surface area contributed by atoms with Crippen molar-refractivity contribution in [2.24, 2.45) is 5.73 Å². The summed E-state index contributed by atoms with van der Waals surface area (Å²) in [5.74, 6) is -0.510. The normalized spacial score (nSPS) is 12.8. The van der Waals surface area contributed by atoms with Gasteiger partial charge in [0.05, 0.1) is 30.0 Å². The van der Waals surface area contributed by atoms with Crippen molar-refractivity contribution in [3.63, 3.8) is 0 Å². The van der Waals surface area contributed by atoms with E-state index in [1.54, 1.807) is 6.92 Å². The average Bonchev–Trinajstić information content (AvgIpc) is 2.83. The predicted molar refractivity (Wildman–Crippen MR) is 149 cm³/mol. The van der Waals surface area contributed by atoms with Crippen molar-refractivity contribution in [3.8, 4) is 5.88 Å². The monoisotopic (exact) mass is 610 g/mol. The fourth-order valence-electron chi connectivity index (χ4n) is 2.79. The fraction of sp³-hybridized carbons (Fsp3) is 0.500. The quantitative estimate of drug-likeness (QED) is 0.108. The first kappa shape index (κ1) is 31.6. The summed E-state index contributed by atoms with van der Waals surface area (Å²) >= 11 is 13.5. The van der Waals surface area contributed by atoms with Crippen molar-refractivity contribution in [1.29, 1.82) is 0 Å². The lowest BCUT2D eigenvalue weighted by Gasteiger charge is -2.25. The second-order valence-electron chi connectivity index (χ2n) is 8.96. The number of benzene rings is 1. The lowest BCUT2D eigenvalue weighted by atomic mass is 10.4. The number of anilines is 1. The highest BCUT2D eigenvalue weighted by Crippen LogP contribution is 2.35. The molecule has 15 heteroatoms. The first-order chi connectivity index (χ1) is 17.3. The van der Waals surface area contributed by atoms with Crippen LogP contribution in [0.25, 0.3) is 0 Å². The molecule has 0 aliphatic carbocycles. The van der Waals surface area contributed by atoms with Crippen molar-refractivity contribution in [2.45, 2.75) is 48.6 Å². The summed E-state index contributed by atoms with van der Waals surface area (Å²) in [6, 6.07) is 4.29. The number of hydrogen-bond acceptors (Lipinski definition) is 10. The molecule has 0 saturated carbocycles. The lowest BCUT2D eigenvalue weighted by molar-refractivity contribution is -0.144. The van der Waals surface area contributed by atoms with Crippen LogP contribution in [-0.2, 0) is 24.3 Å². The van der Waals surface area contributed by atoms with Gasteiger partial charge in [0.2, 0.25) is 5.82 Å². The van der Waals surface area contributed by atoms with E-state index >= 15 is 0 Å². The molecule has 37 heavy (non-hydrogen) atoms. The van der Waals surface area contributed by atoms with Gasteiger partial charge in [-0.05, 0) is 25.1 Å². The summed E-state index contributed by atoms with van der Waals surface area (Å²) in [5, 5.41) is 0.339. The molecule has 2 aromatic rings. The first-order valence-electron chi connectivity index (χ1n) is 11.3. The molecule has 0 radical (unpaired) electrons. The number of carbonyl (C=O) groups excluding carboxylic acids is 1. The van der Waals surface area contributed by atoms with Crippen molar-refractivity contribution in [1.82, 2.24) is 9.97 Å². The zero-order chi connectivity index (χ0) is 27.8. The van der Waals surface area contributed by atoms with Crippen molar-refractivity contribution >= 4 is 64.8 Å². The van der Waals surface area contributed by atoms with E-state index < -0.39 is 30.1 Å². The average molecular weight is 612 g/mol. The van der Waals surface area contributed by atoms with E-state index in [1.165, 1.54) is 31.5 Å². The molecule has 2 N–H and O–H groups in total. The van der Waals surface area contributed by atoms with Gasteiger partial charge in [-0.3, -0.25) is 4.79 Å². The molecular weight excluding hydrogens is 579 g/mol. The zero-order valence-electron chi connectivity index (χ0n) is 21.4. The molecule has 2 rings (SSSR count). The van der Waals surface area contributed by atoms with Crippen LogP contribution in [0.4, 0.5) is 5.82 Å². The van der Waals surface area contributed by atoms with Crippen LogP contribution in [0.1, 0.15) is 6.92 Å². The second kappa shape index (κ2) is 14.0. The van der Waals surface area contributed by atoms with Gasteiger partial charge < -0.3 is 19.9 Å². The summed E-state index contributed by atoms with van der Waals surface area (Å²) in [7, 11) is -4.36. The molecule has 0 aliphatic heterocycles. The minimum atomic E-state index is -4.28. The number of aromatic nitrogens is 2. The van der Waals surface area contributed by atoms with Crippen molar-refractivity contribution in [3.05, 3.63) is 34.4 Å². The maximum atomic E-state index is 13.7. The van der Waals surface area contributed by atoms with Crippen LogP contribution in [0.5, 0.6) is 5.88 Å². The summed E-state index contributed by atoms with van der Waals surface area (Å²) in [5.41, 5.74) is 5.85. The largest absolute Gasteiger partial charge is 0.478 e. The highest BCUT2D eigenvalue weighted by Gasteiger charge is 2.32. The van der Waals surface area contributed by atoms with E-state index in [4.69, 9.17) is 43.1 Å². The molecule has 0 bridgehead atoms. The number of halogens is 2. The Bertz CT molecular complexity index is 1180. The fourth-order valence-corrected chi connectivity index (χ4v) is 6.35. The Morgan fingerprint density at radius 2 is 1.97 bits per heavy atom. The number of thioether (sulfide) groups is 1. The third kappa shape index (κ3) is 8.98. The number of ether oxygens (including phenoxy) is 3. The number of nitrogens with zero attached hydrogens (tertiary/aromatic N) is 3. The first-order valence-corrected chi connectivity index (χ1v) is 18.2. The molecule has 0 spiro atoms. The van der Waals surface area contributed by atoms with E-state index in [9.17, 15) is 13.2 Å². The van der Waals surface area contributed by atoms with Crippen LogP contribution in [0.15, 0.2) is 34.3 Å². The molecule has 1 aromatic carbocycles. The Morgan fingerprint density at radius 1 is 1.27 bits per heavy atom. The molecule has 206 valence electrons. The maximum absolute atomic E-state index is 13.7. The summed E-state index contributed by atoms with van der Waals surface area (Å²) in [6.45, 7) is 8.50. The Hall–Kier alpha value is -1.61. The maximum Gasteiger partial charge on any atom is 0.323 e. The Labute approximate surface area is 233 Å². The number of esters is 1. The van der Waals surface area contributed by atoms with Crippen LogP contribution in [-0.4, -0.2) is 71.3 Å². The number of rotatable bonds is 14. The van der Waals surface area contributed by atoms with Crippen LogP contribution in [0, 0.1) is 0 Å². The molecule has 1 heterocycles. The number of sulfonamides is 1. The third-order valence-electron chi connectivity index (χ3n) is 4.82. The molecule has 0 amide bonds. The Morgan fingerprint density at radius 3 is 2.59 bits per heavy atom. The molecule has 0 fully saturated rings. The SMILES string of the molecule is CCOC(=O)[C@@H](N)CSc1cnc(N(COCC[Si](C)(C)C)S(=O)(=O)c2cccc(Cl)c2Cl)c(OC)n1. The molecule has 1 atom stereocenters. The second-order valence-corrected chi connectivity index (χ2v) is 18.2. The van der Waals surface area contributed by atoms with Crippen LogP contribution < -0.4 is 14.8 Å². The van der Waals surface area contributed by atoms with Crippen molar-refractivity contribution in [2.75, 3.05) is 37.1 Å². The van der Waals surface area contributed by atoms with E-state index in [1.807, 2.05) is 0 Å². The predicted octanol–water partition coefficient (Wildman–Crippen LogP) is 4.28. The molecule has 0 unspecified atom stereocenters. The van der Waals surface area contributed by atoms with Gasteiger partial charge in [-0.15, -0.1) is 11.8 Å². The van der Waals surface area contributed by atoms with Gasteiger partial charge in [0.1, 0.15) is 22.7 Å².